The second-order valence-corrected chi connectivity index (χ2v) is 8.94. The van der Waals surface area contributed by atoms with Crippen LogP contribution < -0.4 is 10.6 Å². The van der Waals surface area contributed by atoms with Gasteiger partial charge in [-0.3, -0.25) is 9.78 Å². The fraction of sp³-hybridized carbons (Fsp3) is 0.524. The number of nitrogens with one attached hydrogen (secondary N) is 2. The summed E-state index contributed by atoms with van der Waals surface area (Å²) in [6.07, 6.45) is 4.26. The van der Waals surface area contributed by atoms with Gasteiger partial charge in [0.05, 0.1) is 0 Å². The van der Waals surface area contributed by atoms with Crippen LogP contribution in [0.25, 0.3) is 11.3 Å². The van der Waals surface area contributed by atoms with Gasteiger partial charge in [0.1, 0.15) is 0 Å². The first kappa shape index (κ1) is 19.4. The van der Waals surface area contributed by atoms with Crippen LogP contribution in [-0.4, -0.2) is 52.2 Å². The molecule has 2 N–H and O–H groups in total. The Hall–Kier alpha value is -2.90. The molecular formula is C21H27N5O3. The van der Waals surface area contributed by atoms with Crippen molar-refractivity contribution in [1.29, 1.82) is 0 Å². The van der Waals surface area contributed by atoms with Crippen LogP contribution in [0.15, 0.2) is 35.1 Å². The number of pyridine rings is 1. The molecule has 154 valence electrons. The van der Waals surface area contributed by atoms with Crippen LogP contribution in [-0.2, 0) is 0 Å². The normalized spacial score (nSPS) is 22.9. The van der Waals surface area contributed by atoms with Crippen LogP contribution in [0, 0.1) is 17.8 Å². The topological polar surface area (TPSA) is 100 Å². The van der Waals surface area contributed by atoms with Gasteiger partial charge in [0.25, 0.3) is 5.91 Å². The summed E-state index contributed by atoms with van der Waals surface area (Å²) < 4.78 is 5.25. The minimum Gasteiger partial charge on any atom is -0.355 e. The summed E-state index contributed by atoms with van der Waals surface area (Å²) in [5.41, 5.74) is 0.834. The molecule has 1 aliphatic carbocycles. The van der Waals surface area contributed by atoms with Gasteiger partial charge < -0.3 is 20.1 Å². The Labute approximate surface area is 170 Å². The molecule has 1 saturated carbocycles. The Morgan fingerprint density at radius 1 is 1.28 bits per heavy atom. The van der Waals surface area contributed by atoms with Crippen LogP contribution in [0.3, 0.4) is 0 Å². The van der Waals surface area contributed by atoms with Crippen LogP contribution in [0.1, 0.15) is 37.7 Å². The molecule has 1 saturated heterocycles. The highest BCUT2D eigenvalue weighted by atomic mass is 16.5. The number of likely N-dealkylation sites (tertiary alicyclic amines) is 1. The molecule has 2 aliphatic rings. The van der Waals surface area contributed by atoms with Gasteiger partial charge in [0.2, 0.25) is 0 Å². The quantitative estimate of drug-likeness (QED) is 0.808. The van der Waals surface area contributed by atoms with Gasteiger partial charge in [0, 0.05) is 49.2 Å². The first-order valence-electron chi connectivity index (χ1n) is 10.0. The zero-order valence-electron chi connectivity index (χ0n) is 17.0. The van der Waals surface area contributed by atoms with Crippen LogP contribution in [0.5, 0.6) is 0 Å². The Morgan fingerprint density at radius 2 is 2.03 bits per heavy atom. The molecule has 8 heteroatoms. The number of carbonyl (C=O) groups is 2. The van der Waals surface area contributed by atoms with Crippen LogP contribution in [0.4, 0.5) is 4.79 Å². The largest absolute Gasteiger partial charge is 0.355 e. The van der Waals surface area contributed by atoms with Crippen molar-refractivity contribution in [3.05, 3.63) is 36.3 Å². The Balaban J connectivity index is 1.19. The Bertz CT molecular complexity index is 877. The number of urea groups is 1. The standard InChI is InChI=1S/C21H27N5O3/c1-21(2,3)24-20(28)26-11-15-14(16(15)12-26)6-8-23-19(27)17-9-18(29-25-17)13-5-4-7-22-10-13/h4-5,7,9-10,14-16H,6,8,11-12H2,1-3H3,(H,23,27)(H,24,28)/t14?,15-,16+. The fourth-order valence-electron chi connectivity index (χ4n) is 4.11. The van der Waals surface area contributed by atoms with Gasteiger partial charge in [-0.2, -0.15) is 0 Å². The number of hydrogen-bond acceptors (Lipinski definition) is 5. The predicted molar refractivity (Wildman–Crippen MR) is 107 cm³/mol. The Kier molecular flexibility index (Phi) is 5.02. The van der Waals surface area contributed by atoms with Gasteiger partial charge in [-0.15, -0.1) is 0 Å². The summed E-state index contributed by atoms with van der Waals surface area (Å²) in [4.78, 5) is 30.5. The molecule has 8 nitrogen and oxygen atoms in total. The number of carbonyl (C=O) groups excluding carboxylic acids is 2. The van der Waals surface area contributed by atoms with E-state index in [1.54, 1.807) is 24.5 Å². The van der Waals surface area contributed by atoms with E-state index >= 15 is 0 Å². The number of piperidine rings is 1. The van der Waals surface area contributed by atoms with E-state index in [0.717, 1.165) is 25.1 Å². The number of fused-ring (bicyclic) bond motifs is 1. The zero-order chi connectivity index (χ0) is 20.6. The second kappa shape index (κ2) is 7.50. The molecule has 3 heterocycles. The lowest BCUT2D eigenvalue weighted by Gasteiger charge is -2.27. The molecule has 0 aromatic carbocycles. The SMILES string of the molecule is CC(C)(C)NC(=O)N1C[C@@H]2C(CCNC(=O)c3cc(-c4cccnc4)on3)[C@@H]2C1. The maximum atomic E-state index is 12.3. The molecule has 0 bridgehead atoms. The van der Waals surface area contributed by atoms with E-state index < -0.39 is 0 Å². The minimum atomic E-state index is -0.235. The third kappa shape index (κ3) is 4.41. The average Bonchev–Trinajstić information content (AvgIpc) is 3.09. The van der Waals surface area contributed by atoms with Crippen molar-refractivity contribution in [2.45, 2.75) is 32.7 Å². The maximum absolute atomic E-state index is 12.3. The summed E-state index contributed by atoms with van der Waals surface area (Å²) in [5.74, 6) is 1.98. The van der Waals surface area contributed by atoms with Crippen molar-refractivity contribution in [1.82, 2.24) is 25.7 Å². The molecule has 1 unspecified atom stereocenters. The summed E-state index contributed by atoms with van der Waals surface area (Å²) in [5, 5.41) is 9.79. The number of aromatic nitrogens is 2. The average molecular weight is 397 g/mol. The lowest BCUT2D eigenvalue weighted by atomic mass is 10.1. The van der Waals surface area contributed by atoms with Gasteiger partial charge >= 0.3 is 6.03 Å². The number of rotatable bonds is 5. The van der Waals surface area contributed by atoms with Crippen molar-refractivity contribution in [2.24, 2.45) is 17.8 Å². The number of hydrogen-bond donors (Lipinski definition) is 2. The molecule has 2 aromatic heterocycles. The maximum Gasteiger partial charge on any atom is 0.317 e. The van der Waals surface area contributed by atoms with Gasteiger partial charge in [0.15, 0.2) is 11.5 Å². The molecule has 0 spiro atoms. The highest BCUT2D eigenvalue weighted by Gasteiger charge is 2.56. The van der Waals surface area contributed by atoms with E-state index in [9.17, 15) is 9.59 Å². The monoisotopic (exact) mass is 397 g/mol. The van der Waals surface area contributed by atoms with E-state index in [1.165, 1.54) is 0 Å². The van der Waals surface area contributed by atoms with Crippen molar-refractivity contribution in [3.8, 4) is 11.3 Å². The zero-order valence-corrected chi connectivity index (χ0v) is 17.0. The first-order valence-corrected chi connectivity index (χ1v) is 10.0. The molecule has 29 heavy (non-hydrogen) atoms. The molecule has 1 aliphatic heterocycles. The smallest absolute Gasteiger partial charge is 0.317 e. The molecule has 0 radical (unpaired) electrons. The number of amides is 3. The highest BCUT2D eigenvalue weighted by Crippen LogP contribution is 2.53. The van der Waals surface area contributed by atoms with E-state index in [1.807, 2.05) is 31.7 Å². The van der Waals surface area contributed by atoms with Crippen LogP contribution >= 0.6 is 0 Å². The third-order valence-corrected chi connectivity index (χ3v) is 5.59. The van der Waals surface area contributed by atoms with E-state index in [0.29, 0.717) is 30.1 Å². The third-order valence-electron chi connectivity index (χ3n) is 5.59. The second-order valence-electron chi connectivity index (χ2n) is 8.94. The molecule has 3 amide bonds. The lowest BCUT2D eigenvalue weighted by Crippen LogP contribution is -2.48. The summed E-state index contributed by atoms with van der Waals surface area (Å²) in [6.45, 7) is 8.18. The van der Waals surface area contributed by atoms with Crippen molar-refractivity contribution >= 4 is 11.9 Å². The molecule has 3 atom stereocenters. The summed E-state index contributed by atoms with van der Waals surface area (Å²) in [7, 11) is 0. The lowest BCUT2D eigenvalue weighted by molar-refractivity contribution is 0.0943. The molecule has 2 fully saturated rings. The molecule has 2 aromatic rings. The predicted octanol–water partition coefficient (Wildman–Crippen LogP) is 2.54. The Morgan fingerprint density at radius 3 is 2.69 bits per heavy atom. The van der Waals surface area contributed by atoms with E-state index in [2.05, 4.69) is 20.8 Å². The van der Waals surface area contributed by atoms with Gasteiger partial charge in [-0.1, -0.05) is 5.16 Å². The molecular weight excluding hydrogens is 370 g/mol. The van der Waals surface area contributed by atoms with Crippen molar-refractivity contribution < 1.29 is 14.1 Å². The van der Waals surface area contributed by atoms with Crippen molar-refractivity contribution in [3.63, 3.8) is 0 Å². The summed E-state index contributed by atoms with van der Waals surface area (Å²) >= 11 is 0. The van der Waals surface area contributed by atoms with E-state index in [-0.39, 0.29) is 23.2 Å². The molecule has 4 rings (SSSR count). The minimum absolute atomic E-state index is 0.0206. The van der Waals surface area contributed by atoms with Gasteiger partial charge in [-0.25, -0.2) is 4.79 Å². The van der Waals surface area contributed by atoms with Crippen LogP contribution in [0.2, 0.25) is 0 Å². The van der Waals surface area contributed by atoms with Crippen molar-refractivity contribution in [2.75, 3.05) is 19.6 Å². The first-order chi connectivity index (χ1) is 13.8. The fourth-order valence-corrected chi connectivity index (χ4v) is 4.11. The van der Waals surface area contributed by atoms with Gasteiger partial charge in [-0.05, 0) is 57.1 Å². The highest BCUT2D eigenvalue weighted by molar-refractivity contribution is 5.93. The summed E-state index contributed by atoms with van der Waals surface area (Å²) in [6, 6.07) is 5.31. The van der Waals surface area contributed by atoms with E-state index in [4.69, 9.17) is 4.52 Å². The number of nitrogens with zero attached hydrogens (tertiary/aromatic N) is 3.